The first-order valence-corrected chi connectivity index (χ1v) is 13.4. The monoisotopic (exact) mass is 513 g/mol. The standard InChI is InChI=1S/C12H20N2O2.C10H9N5S2.C2H2/c15-11-6-2-1-3-9-14(11)10-12(16)13-7-4-5-8-13;1-16-10-15-7-3-2-6(4-8(7)17-10)14-9(12)13-5-11;1-2/h1-10H2;2-4H,1H3,(H3,12,13,14);1-2H. The maximum atomic E-state index is 11.9. The maximum Gasteiger partial charge on any atom is 0.242 e. The Hall–Kier alpha value is -3.28. The molecule has 0 unspecified atom stereocenters. The third-order valence-corrected chi connectivity index (χ3v) is 7.42. The third-order valence-electron chi connectivity index (χ3n) is 5.42. The molecule has 1 aromatic heterocycles. The zero-order chi connectivity index (χ0) is 25.6. The molecule has 2 fully saturated rings. The molecule has 0 aliphatic carbocycles. The second kappa shape index (κ2) is 14.9. The Balaban J connectivity index is 0.000000231. The lowest BCUT2D eigenvalue weighted by Gasteiger charge is -2.23. The molecular weight excluding hydrogens is 482 g/mol. The molecule has 11 heteroatoms. The van der Waals surface area contributed by atoms with Crippen LogP contribution in [0.25, 0.3) is 10.2 Å². The number of carbonyl (C=O) groups is 2. The van der Waals surface area contributed by atoms with Crippen molar-refractivity contribution >= 4 is 56.8 Å². The number of guanidine groups is 1. The molecule has 3 N–H and O–H groups in total. The second-order valence-electron chi connectivity index (χ2n) is 7.78. The number of nitrogens with zero attached hydrogens (tertiary/aromatic N) is 5. The number of amides is 2. The first-order chi connectivity index (χ1) is 17.0. The van der Waals surface area contributed by atoms with E-state index in [1.54, 1.807) is 34.2 Å². The van der Waals surface area contributed by atoms with Gasteiger partial charge in [0.2, 0.25) is 17.8 Å². The lowest BCUT2D eigenvalue weighted by molar-refractivity contribution is -0.139. The zero-order valence-corrected chi connectivity index (χ0v) is 21.5. The van der Waals surface area contributed by atoms with Crippen LogP contribution in [0.3, 0.4) is 0 Å². The summed E-state index contributed by atoms with van der Waals surface area (Å²) in [5.41, 5.74) is 7.14. The van der Waals surface area contributed by atoms with E-state index in [9.17, 15) is 9.59 Å². The Morgan fingerprint density at radius 3 is 2.66 bits per heavy atom. The van der Waals surface area contributed by atoms with Crippen LogP contribution in [0.2, 0.25) is 0 Å². The van der Waals surface area contributed by atoms with E-state index in [4.69, 9.17) is 11.0 Å². The zero-order valence-electron chi connectivity index (χ0n) is 19.9. The predicted molar refractivity (Wildman–Crippen MR) is 142 cm³/mol. The molecule has 35 heavy (non-hydrogen) atoms. The number of hydrogen-bond acceptors (Lipinski definition) is 7. The Bertz CT molecular complexity index is 1080. The first-order valence-electron chi connectivity index (χ1n) is 11.3. The molecule has 9 nitrogen and oxygen atoms in total. The van der Waals surface area contributed by atoms with E-state index in [0.717, 1.165) is 66.3 Å². The fourth-order valence-electron chi connectivity index (χ4n) is 3.71. The number of aliphatic imine (C=N–C) groups is 1. The Morgan fingerprint density at radius 1 is 1.26 bits per heavy atom. The second-order valence-corrected chi connectivity index (χ2v) is 9.87. The molecule has 186 valence electrons. The summed E-state index contributed by atoms with van der Waals surface area (Å²) in [6.45, 7) is 2.82. The molecule has 2 aliphatic rings. The van der Waals surface area contributed by atoms with Crippen molar-refractivity contribution in [1.29, 1.82) is 5.26 Å². The van der Waals surface area contributed by atoms with Crippen LogP contribution in [0.4, 0.5) is 5.69 Å². The van der Waals surface area contributed by atoms with Crippen molar-refractivity contribution in [2.45, 2.75) is 42.9 Å². The number of nitrogens with two attached hydrogens (primary N) is 1. The van der Waals surface area contributed by atoms with Crippen LogP contribution in [0.15, 0.2) is 27.5 Å². The normalized spacial score (nSPS) is 15.8. The number of benzene rings is 1. The molecule has 0 atom stereocenters. The van der Waals surface area contributed by atoms with Gasteiger partial charge in [0.15, 0.2) is 10.5 Å². The van der Waals surface area contributed by atoms with Crippen molar-refractivity contribution < 1.29 is 9.59 Å². The van der Waals surface area contributed by atoms with Crippen LogP contribution >= 0.6 is 23.1 Å². The van der Waals surface area contributed by atoms with E-state index < -0.39 is 0 Å². The summed E-state index contributed by atoms with van der Waals surface area (Å²) in [4.78, 5) is 35.7. The molecule has 0 bridgehead atoms. The van der Waals surface area contributed by atoms with E-state index in [-0.39, 0.29) is 17.8 Å². The highest BCUT2D eigenvalue weighted by molar-refractivity contribution is 8.00. The van der Waals surface area contributed by atoms with Gasteiger partial charge in [0.1, 0.15) is 0 Å². The first kappa shape index (κ1) is 28.0. The van der Waals surface area contributed by atoms with Gasteiger partial charge in [0, 0.05) is 26.1 Å². The molecule has 0 saturated carbocycles. The van der Waals surface area contributed by atoms with E-state index >= 15 is 0 Å². The van der Waals surface area contributed by atoms with Gasteiger partial charge >= 0.3 is 0 Å². The minimum absolute atomic E-state index is 0.0847. The van der Waals surface area contributed by atoms with Crippen molar-refractivity contribution in [3.8, 4) is 19.0 Å². The fraction of sp³-hybridized carbons (Fsp3) is 0.458. The van der Waals surface area contributed by atoms with Gasteiger partial charge < -0.3 is 15.5 Å². The highest BCUT2D eigenvalue weighted by Crippen LogP contribution is 2.30. The van der Waals surface area contributed by atoms with Gasteiger partial charge in [-0.3, -0.25) is 14.9 Å². The number of rotatable bonds is 4. The number of thiazole rings is 1. The number of thioether (sulfide) groups is 1. The SMILES string of the molecule is C#C.CSc1nc2ccc(N=C(N)NC#N)cc2s1.O=C(CN1CCCCCC1=O)N1CCCC1. The topological polar surface area (TPSA) is 128 Å². The molecule has 4 rings (SSSR count). The van der Waals surface area contributed by atoms with Gasteiger partial charge in [-0.25, -0.2) is 9.98 Å². The van der Waals surface area contributed by atoms with Gasteiger partial charge in [-0.1, -0.05) is 18.2 Å². The number of nitriles is 1. The number of fused-ring (bicyclic) bond motifs is 1. The molecule has 3 heterocycles. The van der Waals surface area contributed by atoms with Crippen molar-refractivity contribution in [3.63, 3.8) is 0 Å². The van der Waals surface area contributed by atoms with Gasteiger partial charge in [0.25, 0.3) is 0 Å². The number of terminal acetylenes is 1. The Kier molecular flexibility index (Phi) is 11.9. The lowest BCUT2D eigenvalue weighted by atomic mass is 10.2. The molecule has 1 aromatic carbocycles. The smallest absolute Gasteiger partial charge is 0.242 e. The van der Waals surface area contributed by atoms with Crippen molar-refractivity contribution in [1.82, 2.24) is 20.1 Å². The molecule has 2 amide bonds. The summed E-state index contributed by atoms with van der Waals surface area (Å²) >= 11 is 3.22. The molecule has 2 aromatic rings. The molecule has 0 spiro atoms. The summed E-state index contributed by atoms with van der Waals surface area (Å²) in [5.74, 6) is 0.374. The van der Waals surface area contributed by atoms with Crippen LogP contribution in [-0.4, -0.2) is 65.0 Å². The average molecular weight is 514 g/mol. The van der Waals surface area contributed by atoms with E-state index in [0.29, 0.717) is 18.7 Å². The molecule has 2 aliphatic heterocycles. The maximum absolute atomic E-state index is 11.9. The minimum atomic E-state index is 0.0847. The van der Waals surface area contributed by atoms with Crippen LogP contribution in [-0.2, 0) is 9.59 Å². The highest BCUT2D eigenvalue weighted by atomic mass is 32.2. The Labute approximate surface area is 214 Å². The van der Waals surface area contributed by atoms with Crippen LogP contribution in [0.5, 0.6) is 0 Å². The quantitative estimate of drug-likeness (QED) is 0.160. The van der Waals surface area contributed by atoms with E-state index in [2.05, 4.69) is 28.1 Å². The average Bonchev–Trinajstić information content (AvgIpc) is 3.50. The summed E-state index contributed by atoms with van der Waals surface area (Å²) in [7, 11) is 0. The Morgan fingerprint density at radius 2 is 1.97 bits per heavy atom. The van der Waals surface area contributed by atoms with Crippen LogP contribution < -0.4 is 11.1 Å². The third kappa shape index (κ3) is 8.78. The van der Waals surface area contributed by atoms with Gasteiger partial charge in [0.05, 0.1) is 22.4 Å². The van der Waals surface area contributed by atoms with Gasteiger partial charge in [-0.15, -0.1) is 24.2 Å². The number of aromatic nitrogens is 1. The summed E-state index contributed by atoms with van der Waals surface area (Å²) in [6, 6.07) is 5.61. The highest BCUT2D eigenvalue weighted by Gasteiger charge is 2.23. The van der Waals surface area contributed by atoms with Gasteiger partial charge in [-0.2, -0.15) is 5.26 Å². The van der Waals surface area contributed by atoms with Crippen LogP contribution in [0.1, 0.15) is 38.5 Å². The molecule has 0 radical (unpaired) electrons. The summed E-state index contributed by atoms with van der Waals surface area (Å²) in [5, 5.41) is 10.7. The number of nitrogens with one attached hydrogen (secondary N) is 1. The number of likely N-dealkylation sites (tertiary alicyclic amines) is 2. The molecule has 2 saturated heterocycles. The van der Waals surface area contributed by atoms with Gasteiger partial charge in [-0.05, 0) is 50.1 Å². The fourth-order valence-corrected chi connectivity index (χ4v) is 5.23. The lowest BCUT2D eigenvalue weighted by Crippen LogP contribution is -2.41. The van der Waals surface area contributed by atoms with Crippen molar-refractivity contribution in [2.75, 3.05) is 32.4 Å². The van der Waals surface area contributed by atoms with E-state index in [1.165, 1.54) is 0 Å². The molecular formula is C24H31N7O2S2. The minimum Gasteiger partial charge on any atom is -0.369 e. The van der Waals surface area contributed by atoms with E-state index in [1.807, 2.05) is 29.4 Å². The van der Waals surface area contributed by atoms with Crippen molar-refractivity contribution in [3.05, 3.63) is 18.2 Å². The number of hydrogen-bond donors (Lipinski definition) is 2. The number of carbonyl (C=O) groups excluding carboxylic acids is 2. The summed E-state index contributed by atoms with van der Waals surface area (Å²) in [6.07, 6.45) is 17.7. The predicted octanol–water partition coefficient (Wildman–Crippen LogP) is 3.30. The largest absolute Gasteiger partial charge is 0.369 e. The van der Waals surface area contributed by atoms with Crippen LogP contribution in [0, 0.1) is 24.3 Å². The summed E-state index contributed by atoms with van der Waals surface area (Å²) < 4.78 is 2.07. The van der Waals surface area contributed by atoms with Crippen molar-refractivity contribution in [2.24, 2.45) is 10.7 Å².